The predicted octanol–water partition coefficient (Wildman–Crippen LogP) is 12.7. The third-order valence-electron chi connectivity index (χ3n) is 11.9. The second kappa shape index (κ2) is 42.5. The van der Waals surface area contributed by atoms with Gasteiger partial charge in [0.05, 0.1) is 36.9 Å². The molecular weight excluding hydrogens is 1200 g/mol. The van der Waals surface area contributed by atoms with Crippen LogP contribution in [0.5, 0.6) is 0 Å². The number of carboxylic acids is 2. The molecule has 0 bridgehead atoms. The number of rotatable bonds is 19. The van der Waals surface area contributed by atoms with Crippen LogP contribution in [0.4, 0.5) is 14.4 Å². The van der Waals surface area contributed by atoms with Crippen molar-refractivity contribution in [3.8, 4) is 0 Å². The van der Waals surface area contributed by atoms with Crippen molar-refractivity contribution in [2.24, 2.45) is 11.8 Å². The average molecular weight is 1300 g/mol. The highest BCUT2D eigenvalue weighted by Gasteiger charge is 2.41. The number of nitrogens with zero attached hydrogens (tertiary/aromatic N) is 2. The van der Waals surface area contributed by atoms with E-state index in [2.05, 4.69) is 21.2 Å². The molecule has 0 radical (unpaired) electrons. The third-order valence-corrected chi connectivity index (χ3v) is 12.4. The van der Waals surface area contributed by atoms with Crippen molar-refractivity contribution in [2.75, 3.05) is 25.2 Å². The van der Waals surface area contributed by atoms with Crippen molar-refractivity contribution in [3.63, 3.8) is 0 Å². The summed E-state index contributed by atoms with van der Waals surface area (Å²) in [6.07, 6.45) is 3.51. The summed E-state index contributed by atoms with van der Waals surface area (Å²) < 4.78 is 30.1. The molecule has 5 atom stereocenters. The first-order valence-corrected chi connectivity index (χ1v) is 30.1. The highest BCUT2D eigenvalue weighted by molar-refractivity contribution is 9.09. The number of amides is 5. The Morgan fingerprint density at radius 3 is 1.24 bits per heavy atom. The Kier molecular flexibility index (Phi) is 39.9. The topological polar surface area (TPSA) is 285 Å². The van der Waals surface area contributed by atoms with E-state index in [1.165, 1.54) is 15.4 Å². The van der Waals surface area contributed by atoms with Gasteiger partial charge in [-0.1, -0.05) is 149 Å². The van der Waals surface area contributed by atoms with Crippen LogP contribution < -0.4 is 5.32 Å². The van der Waals surface area contributed by atoms with Gasteiger partial charge in [-0.2, -0.15) is 0 Å². The SMILES string of the molecule is C.C.CC(C)(C)OC(=O)CBr.CCCC(=O)N1C(=O)OC[C@@H]1Cc1ccccc1.CCCC(=O)O.CC[C@H](CC(=O)OC(C)(C)C)C(=O)N1C(=O)OC[C@@H]1Cc1ccccc1.CC[C@H](CC(=O)OC(C)(C)C)C(=O)O.O=C1N[C@@H](Cc2ccccc2)CO1. The molecule has 0 aromatic heterocycles. The van der Waals surface area contributed by atoms with Gasteiger partial charge in [-0.3, -0.25) is 33.6 Å². The minimum absolute atomic E-state index is 0. The molecule has 494 valence electrons. The number of cyclic esters (lactones) is 3. The molecular formula is C66H100BrN3O18. The first-order chi connectivity index (χ1) is 40.3. The molecule has 3 aromatic carbocycles. The Hall–Kier alpha value is -7.36. The maximum Gasteiger partial charge on any atom is 0.416 e. The number of halogens is 1. The van der Waals surface area contributed by atoms with E-state index in [4.69, 9.17) is 38.6 Å². The summed E-state index contributed by atoms with van der Waals surface area (Å²) in [4.78, 5) is 116. The van der Waals surface area contributed by atoms with Crippen LogP contribution in [-0.2, 0) is 81.2 Å². The first-order valence-electron chi connectivity index (χ1n) is 29.0. The van der Waals surface area contributed by atoms with E-state index in [9.17, 15) is 47.9 Å². The molecule has 3 saturated heterocycles. The minimum atomic E-state index is -0.946. The maximum atomic E-state index is 12.9. The van der Waals surface area contributed by atoms with Crippen LogP contribution in [0.2, 0.25) is 0 Å². The predicted molar refractivity (Wildman–Crippen MR) is 339 cm³/mol. The van der Waals surface area contributed by atoms with Gasteiger partial charge in [-0.25, -0.2) is 24.2 Å². The number of benzene rings is 3. The van der Waals surface area contributed by atoms with Crippen molar-refractivity contribution >= 4 is 75.9 Å². The lowest BCUT2D eigenvalue weighted by molar-refractivity contribution is -0.160. The van der Waals surface area contributed by atoms with Crippen LogP contribution in [0.15, 0.2) is 91.0 Å². The normalized spacial score (nSPS) is 16.2. The van der Waals surface area contributed by atoms with E-state index in [0.717, 1.165) is 30.4 Å². The number of carbonyl (C=O) groups is 10. The van der Waals surface area contributed by atoms with Gasteiger partial charge in [-0.15, -0.1) is 0 Å². The molecule has 0 unspecified atom stereocenters. The molecule has 22 heteroatoms. The number of ether oxygens (including phenoxy) is 6. The highest BCUT2D eigenvalue weighted by Crippen LogP contribution is 2.25. The summed E-state index contributed by atoms with van der Waals surface area (Å²) in [5.41, 5.74) is 1.83. The number of carbonyl (C=O) groups excluding carboxylic acids is 8. The van der Waals surface area contributed by atoms with Gasteiger partial charge in [0, 0.05) is 18.8 Å². The van der Waals surface area contributed by atoms with Gasteiger partial charge in [0.2, 0.25) is 11.8 Å². The molecule has 0 spiro atoms. The summed E-state index contributed by atoms with van der Waals surface area (Å²) >= 11 is 2.99. The molecule has 3 fully saturated rings. The molecule has 6 rings (SSSR count). The van der Waals surface area contributed by atoms with Gasteiger partial charge in [0.1, 0.15) is 42.0 Å². The number of nitrogens with one attached hydrogen (secondary N) is 1. The van der Waals surface area contributed by atoms with Crippen LogP contribution in [0.25, 0.3) is 0 Å². The first kappa shape index (κ1) is 82.7. The number of alkyl halides is 1. The zero-order chi connectivity index (χ0) is 65.2. The quantitative estimate of drug-likeness (QED) is 0.0571. The second-order valence-electron chi connectivity index (χ2n) is 23.2. The minimum Gasteiger partial charge on any atom is -0.481 e. The smallest absolute Gasteiger partial charge is 0.416 e. The second-order valence-corrected chi connectivity index (χ2v) is 23.7. The summed E-state index contributed by atoms with van der Waals surface area (Å²) in [7, 11) is 0. The fourth-order valence-electron chi connectivity index (χ4n) is 8.10. The van der Waals surface area contributed by atoms with Crippen LogP contribution >= 0.6 is 15.9 Å². The van der Waals surface area contributed by atoms with Gasteiger partial charge >= 0.3 is 48.1 Å². The van der Waals surface area contributed by atoms with Crippen molar-refractivity contribution in [3.05, 3.63) is 108 Å². The zero-order valence-corrected chi connectivity index (χ0v) is 53.9. The van der Waals surface area contributed by atoms with Crippen molar-refractivity contribution in [1.29, 1.82) is 0 Å². The number of esters is 3. The molecule has 3 heterocycles. The van der Waals surface area contributed by atoms with Crippen LogP contribution in [0, 0.1) is 11.8 Å². The van der Waals surface area contributed by atoms with Gasteiger partial charge in [0.15, 0.2) is 0 Å². The molecule has 21 nitrogen and oxygen atoms in total. The summed E-state index contributed by atoms with van der Waals surface area (Å²) in [6, 6.07) is 29.1. The molecule has 0 saturated carbocycles. The number of hydrogen-bond donors (Lipinski definition) is 3. The van der Waals surface area contributed by atoms with Gasteiger partial charge < -0.3 is 44.0 Å². The Bertz CT molecular complexity index is 2580. The number of carboxylic acid groups (broad SMARTS) is 2. The molecule has 3 N–H and O–H groups in total. The van der Waals surface area contributed by atoms with E-state index in [-0.39, 0.29) is 87.2 Å². The average Bonchev–Trinajstić information content (AvgIpc) is 2.59. The summed E-state index contributed by atoms with van der Waals surface area (Å²) in [6.45, 7) is 24.4. The van der Waals surface area contributed by atoms with E-state index < -0.39 is 59.1 Å². The Morgan fingerprint density at radius 1 is 0.545 bits per heavy atom. The third kappa shape index (κ3) is 36.1. The largest absolute Gasteiger partial charge is 0.481 e. The van der Waals surface area contributed by atoms with Crippen molar-refractivity contribution < 1.29 is 86.6 Å². The molecule has 3 aliphatic heterocycles. The number of aliphatic carboxylic acids is 2. The van der Waals surface area contributed by atoms with Crippen molar-refractivity contribution in [1.82, 2.24) is 15.1 Å². The number of hydrogen-bond acceptors (Lipinski definition) is 16. The zero-order valence-electron chi connectivity index (χ0n) is 52.4. The molecule has 5 amide bonds. The number of alkyl carbamates (subject to hydrolysis) is 1. The van der Waals surface area contributed by atoms with E-state index >= 15 is 0 Å². The number of imide groups is 2. The molecule has 3 aliphatic rings. The van der Waals surface area contributed by atoms with E-state index in [1.807, 2.05) is 133 Å². The van der Waals surface area contributed by atoms with Crippen molar-refractivity contribution in [2.45, 2.75) is 210 Å². The van der Waals surface area contributed by atoms with Crippen LogP contribution in [-0.4, -0.2) is 140 Å². The van der Waals surface area contributed by atoms with Crippen LogP contribution in [0.1, 0.15) is 173 Å². The lowest BCUT2D eigenvalue weighted by Gasteiger charge is -2.25. The monoisotopic (exact) mass is 1300 g/mol. The van der Waals surface area contributed by atoms with Gasteiger partial charge in [-0.05, 0) is 124 Å². The van der Waals surface area contributed by atoms with E-state index in [1.54, 1.807) is 48.5 Å². The Morgan fingerprint density at radius 2 is 0.920 bits per heavy atom. The lowest BCUT2D eigenvalue weighted by atomic mass is 9.98. The molecule has 0 aliphatic carbocycles. The summed E-state index contributed by atoms with van der Waals surface area (Å²) in [5, 5.41) is 19.6. The Balaban J connectivity index is 0. The lowest BCUT2D eigenvalue weighted by Crippen LogP contribution is -2.44. The molecule has 88 heavy (non-hydrogen) atoms. The fourth-order valence-corrected chi connectivity index (χ4v) is 8.21. The Labute approximate surface area is 530 Å². The molecule has 3 aromatic rings. The summed E-state index contributed by atoms with van der Waals surface area (Å²) in [5.74, 6) is -4.52. The van der Waals surface area contributed by atoms with Crippen LogP contribution in [0.3, 0.4) is 0 Å². The standard InChI is InChI=1S/C20H27NO5.C14H17NO3.C10H11NO2.C10H18O4.C6H11BrO2.C4H8O2.2CH4/c1-5-15(12-17(22)26-20(2,3)4)18(23)21-16(13-25-19(21)24)11-14-9-7-6-8-10-14;1-2-6-13(16)15-12(10-18-14(15)17)9-11-7-4-3-5-8-11;12-10-11-9(7-13-10)6-8-4-2-1-3-5-8;1-5-7(9(12)13)6-8(11)14-10(2,3)4;1-6(2,3)9-5(8)4-7;1-2-3-4(5)6;;/h6-10,15-16H,5,11-13H2,1-4H3;3-5,7-8,12H,2,6,9-10H2,1H3;1-5,9H,6-7H2,(H,11,12);7H,5-6H2,1-4H3,(H,12,13);4H2,1-3H3;2-3H2,1H3,(H,5,6);2*1H4/t15-,16+;12-;9-;7-;;;;/m1001..../s1. The fraction of sp³-hybridized carbons (Fsp3) is 0.576. The van der Waals surface area contributed by atoms with Gasteiger partial charge in [0.25, 0.3) is 0 Å². The highest BCUT2D eigenvalue weighted by atomic mass is 79.9. The maximum absolute atomic E-state index is 12.9. The van der Waals surface area contributed by atoms with E-state index in [0.29, 0.717) is 51.7 Å².